The van der Waals surface area contributed by atoms with Crippen LogP contribution in [0.15, 0.2) is 65.6 Å². The zero-order valence-corrected chi connectivity index (χ0v) is 26.6. The third-order valence-electron chi connectivity index (χ3n) is 7.96. The normalized spacial score (nSPS) is 21.7. The van der Waals surface area contributed by atoms with Crippen molar-refractivity contribution in [2.75, 3.05) is 45.8 Å². The summed E-state index contributed by atoms with van der Waals surface area (Å²) < 4.78 is 46.6. The van der Waals surface area contributed by atoms with E-state index in [9.17, 15) is 18.3 Å². The van der Waals surface area contributed by atoms with E-state index in [4.69, 9.17) is 25.8 Å². The Kier molecular flexibility index (Phi) is 8.56. The molecule has 0 spiro atoms. The van der Waals surface area contributed by atoms with E-state index in [1.807, 2.05) is 0 Å². The number of aliphatic hydroxyl groups is 1. The van der Waals surface area contributed by atoms with Gasteiger partial charge in [0.15, 0.2) is 5.54 Å². The van der Waals surface area contributed by atoms with Gasteiger partial charge >= 0.3 is 0 Å². The molecule has 1 fully saturated rings. The van der Waals surface area contributed by atoms with Crippen LogP contribution in [-0.4, -0.2) is 88.8 Å². The van der Waals surface area contributed by atoms with E-state index in [1.54, 1.807) is 50.2 Å². The molecular formula is C31H34ClN3O8S. The molecule has 5 rings (SSSR count). The van der Waals surface area contributed by atoms with Crippen molar-refractivity contribution in [3.63, 3.8) is 0 Å². The molecule has 3 unspecified atom stereocenters. The smallest absolute Gasteiger partial charge is 0.274 e. The van der Waals surface area contributed by atoms with Gasteiger partial charge in [0.2, 0.25) is 5.91 Å². The molecule has 1 N–H and O–H groups in total. The average Bonchev–Trinajstić information content (AvgIpc) is 3.51. The summed E-state index contributed by atoms with van der Waals surface area (Å²) in [6, 6.07) is 14.5. The molecule has 11 nitrogen and oxygen atoms in total. The zero-order chi connectivity index (χ0) is 32.0. The molecule has 0 aliphatic carbocycles. The number of carbonyl (C=O) groups is 2. The molecule has 234 valence electrons. The molecule has 0 saturated carbocycles. The maximum absolute atomic E-state index is 15.3. The number of amides is 2. The van der Waals surface area contributed by atoms with Crippen molar-refractivity contribution in [1.29, 1.82) is 0 Å². The molecule has 3 aromatic rings. The SMILES string of the molecule is CCOc1ccccc1C1(N2CC(O)CC2C(=O)N(C)C)C(=O)N(S(=O)(=O)c2ccc(OC)cc2OC)c2ccc(Cl)cc21. The van der Waals surface area contributed by atoms with Crippen molar-refractivity contribution in [2.45, 2.75) is 35.9 Å². The topological polar surface area (TPSA) is 126 Å². The Morgan fingerprint density at radius 2 is 1.77 bits per heavy atom. The number of benzene rings is 3. The monoisotopic (exact) mass is 643 g/mol. The number of anilines is 1. The second-order valence-corrected chi connectivity index (χ2v) is 12.9. The van der Waals surface area contributed by atoms with Gasteiger partial charge in [-0.1, -0.05) is 29.8 Å². The highest BCUT2D eigenvalue weighted by Crippen LogP contribution is 2.55. The van der Waals surface area contributed by atoms with E-state index in [1.165, 1.54) is 55.5 Å². The summed E-state index contributed by atoms with van der Waals surface area (Å²) in [4.78, 5) is 31.6. The van der Waals surface area contributed by atoms with Gasteiger partial charge in [-0.25, -0.2) is 12.7 Å². The summed E-state index contributed by atoms with van der Waals surface area (Å²) in [6.45, 7) is 1.93. The number of methoxy groups -OCH3 is 2. The summed E-state index contributed by atoms with van der Waals surface area (Å²) in [6.07, 6.45) is -0.958. The number of nitrogens with zero attached hydrogens (tertiary/aromatic N) is 3. The first-order chi connectivity index (χ1) is 20.9. The second kappa shape index (κ2) is 11.9. The molecular weight excluding hydrogens is 610 g/mol. The van der Waals surface area contributed by atoms with E-state index in [-0.39, 0.29) is 52.4 Å². The minimum atomic E-state index is -4.65. The summed E-state index contributed by atoms with van der Waals surface area (Å²) in [5.41, 5.74) is -1.36. The Morgan fingerprint density at radius 1 is 1.05 bits per heavy atom. The Hall–Kier alpha value is -3.84. The van der Waals surface area contributed by atoms with Crippen LogP contribution in [0.3, 0.4) is 0 Å². The number of rotatable bonds is 9. The largest absolute Gasteiger partial charge is 0.497 e. The first kappa shape index (κ1) is 31.6. The number of fused-ring (bicyclic) bond motifs is 1. The van der Waals surface area contributed by atoms with Gasteiger partial charge in [-0.05, 0) is 49.7 Å². The van der Waals surface area contributed by atoms with E-state index in [0.29, 0.717) is 17.1 Å². The van der Waals surface area contributed by atoms with Crippen LogP contribution >= 0.6 is 11.6 Å². The number of hydrogen-bond donors (Lipinski definition) is 1. The number of sulfonamides is 1. The predicted octanol–water partition coefficient (Wildman–Crippen LogP) is 3.26. The summed E-state index contributed by atoms with van der Waals surface area (Å²) >= 11 is 6.54. The quantitative estimate of drug-likeness (QED) is 0.374. The van der Waals surface area contributed by atoms with Gasteiger partial charge in [-0.2, -0.15) is 0 Å². The number of aliphatic hydroxyl groups excluding tert-OH is 1. The number of likely N-dealkylation sites (tertiary alicyclic amines) is 1. The lowest BCUT2D eigenvalue weighted by Crippen LogP contribution is -2.59. The molecule has 0 radical (unpaired) electrons. The molecule has 0 bridgehead atoms. The van der Waals surface area contributed by atoms with Gasteiger partial charge in [0, 0.05) is 42.9 Å². The van der Waals surface area contributed by atoms with E-state index >= 15 is 4.79 Å². The highest BCUT2D eigenvalue weighted by Gasteiger charge is 2.64. The minimum Gasteiger partial charge on any atom is -0.497 e. The van der Waals surface area contributed by atoms with Gasteiger partial charge in [0.05, 0.1) is 38.7 Å². The number of ether oxygens (including phenoxy) is 3. The van der Waals surface area contributed by atoms with Crippen molar-refractivity contribution in [3.8, 4) is 17.2 Å². The van der Waals surface area contributed by atoms with E-state index in [0.717, 1.165) is 4.31 Å². The molecule has 1 saturated heterocycles. The first-order valence-corrected chi connectivity index (χ1v) is 15.7. The van der Waals surface area contributed by atoms with Gasteiger partial charge in [-0.3, -0.25) is 14.5 Å². The van der Waals surface area contributed by atoms with Gasteiger partial charge < -0.3 is 24.2 Å². The Labute approximate surface area is 261 Å². The van der Waals surface area contributed by atoms with Crippen LogP contribution in [-0.2, 0) is 25.2 Å². The number of likely N-dealkylation sites (N-methyl/N-ethyl adjacent to an activating group) is 1. The van der Waals surface area contributed by atoms with Crippen molar-refractivity contribution >= 4 is 39.1 Å². The summed E-state index contributed by atoms with van der Waals surface area (Å²) in [5.74, 6) is -0.600. The Bertz CT molecular complexity index is 1720. The highest BCUT2D eigenvalue weighted by molar-refractivity contribution is 7.93. The van der Waals surface area contributed by atoms with Crippen LogP contribution in [0.5, 0.6) is 17.2 Å². The Balaban J connectivity index is 1.87. The zero-order valence-electron chi connectivity index (χ0n) is 25.0. The maximum Gasteiger partial charge on any atom is 0.274 e. The fraction of sp³-hybridized carbons (Fsp3) is 0.355. The number of carbonyl (C=O) groups excluding carboxylic acids is 2. The number of hydrogen-bond acceptors (Lipinski definition) is 9. The fourth-order valence-electron chi connectivity index (χ4n) is 6.13. The second-order valence-electron chi connectivity index (χ2n) is 10.7. The van der Waals surface area contributed by atoms with Crippen LogP contribution in [0.25, 0.3) is 0 Å². The number of halogens is 1. The van der Waals surface area contributed by atoms with E-state index in [2.05, 4.69) is 0 Å². The molecule has 2 amide bonds. The predicted molar refractivity (Wildman–Crippen MR) is 164 cm³/mol. The molecule has 3 atom stereocenters. The molecule has 2 aliphatic rings. The lowest BCUT2D eigenvalue weighted by molar-refractivity contribution is -0.138. The Morgan fingerprint density at radius 3 is 2.43 bits per heavy atom. The fourth-order valence-corrected chi connectivity index (χ4v) is 7.90. The average molecular weight is 644 g/mol. The number of para-hydroxylation sites is 1. The lowest BCUT2D eigenvalue weighted by atomic mass is 9.80. The van der Waals surface area contributed by atoms with Crippen LogP contribution < -0.4 is 18.5 Å². The van der Waals surface area contributed by atoms with Gasteiger partial charge in [0.1, 0.15) is 22.1 Å². The van der Waals surface area contributed by atoms with Crippen LogP contribution in [0.4, 0.5) is 5.69 Å². The molecule has 13 heteroatoms. The molecule has 44 heavy (non-hydrogen) atoms. The van der Waals surface area contributed by atoms with Gasteiger partial charge in [0.25, 0.3) is 15.9 Å². The maximum atomic E-state index is 15.3. The standard InChI is InChI=1S/C31H34ClN3O8S/c1-6-43-26-10-8-7-9-22(26)31(34-18-20(36)16-25(34)29(37)33(2)3)23-15-19(32)11-13-24(23)35(30(31)38)44(39,40)28-14-12-21(41-4)17-27(28)42-5/h7-15,17,20,25,36H,6,16,18H2,1-5H3. The van der Waals surface area contributed by atoms with Crippen LogP contribution in [0.1, 0.15) is 24.5 Å². The van der Waals surface area contributed by atoms with Gasteiger partial charge in [-0.15, -0.1) is 0 Å². The van der Waals surface area contributed by atoms with Crippen molar-refractivity contribution in [1.82, 2.24) is 9.80 Å². The third kappa shape index (κ3) is 4.86. The minimum absolute atomic E-state index is 0.0256. The van der Waals surface area contributed by atoms with Crippen LogP contribution in [0.2, 0.25) is 5.02 Å². The molecule has 2 aliphatic heterocycles. The third-order valence-corrected chi connectivity index (χ3v) is 9.93. The van der Waals surface area contributed by atoms with Crippen molar-refractivity contribution < 1.29 is 37.3 Å². The van der Waals surface area contributed by atoms with Crippen molar-refractivity contribution in [3.05, 3.63) is 76.8 Å². The van der Waals surface area contributed by atoms with E-state index < -0.39 is 33.6 Å². The molecule has 3 aromatic carbocycles. The molecule has 0 aromatic heterocycles. The van der Waals surface area contributed by atoms with Crippen molar-refractivity contribution in [2.24, 2.45) is 0 Å². The number of β-amino-alcohol motifs (C(OH)–C–C–N with tert-alkyl or cyclic N) is 1. The first-order valence-electron chi connectivity index (χ1n) is 13.9. The summed E-state index contributed by atoms with van der Waals surface area (Å²) in [7, 11) is 1.27. The highest BCUT2D eigenvalue weighted by atomic mass is 35.5. The summed E-state index contributed by atoms with van der Waals surface area (Å²) in [5, 5.41) is 11.2. The molecule has 2 heterocycles. The lowest BCUT2D eigenvalue weighted by Gasteiger charge is -2.42. The van der Waals surface area contributed by atoms with Crippen LogP contribution in [0, 0.1) is 0 Å².